The highest BCUT2D eigenvalue weighted by Crippen LogP contribution is 2.37. The summed E-state index contributed by atoms with van der Waals surface area (Å²) in [5.74, 6) is -1.32. The Morgan fingerprint density at radius 1 is 1.13 bits per heavy atom. The average molecular weight is 336 g/mol. The lowest BCUT2D eigenvalue weighted by Crippen LogP contribution is -2.42. The van der Waals surface area contributed by atoms with Gasteiger partial charge >= 0.3 is 0 Å². The molecule has 0 unspecified atom stereocenters. The number of carbonyl (C=O) groups is 2. The zero-order valence-corrected chi connectivity index (χ0v) is 12.5. The van der Waals surface area contributed by atoms with Crippen molar-refractivity contribution in [2.45, 2.75) is 4.90 Å². The molecule has 0 saturated carbocycles. The van der Waals surface area contributed by atoms with Gasteiger partial charge in [0, 0.05) is 16.3 Å². The number of hydrogen-bond acceptors (Lipinski definition) is 6. The Balaban J connectivity index is 2.46. The number of aliphatic hydroxyl groups excluding tert-OH is 1. The fraction of sp³-hybridized carbons (Fsp3) is 0.143. The van der Waals surface area contributed by atoms with Gasteiger partial charge < -0.3 is 10.8 Å². The summed E-state index contributed by atoms with van der Waals surface area (Å²) >= 11 is 0. The molecule has 0 atom stereocenters. The number of aliphatic hydroxyl groups is 1. The minimum absolute atomic E-state index is 0.00495. The van der Waals surface area contributed by atoms with E-state index in [0.29, 0.717) is 0 Å². The quantitative estimate of drug-likeness (QED) is 0.415. The summed E-state index contributed by atoms with van der Waals surface area (Å²) in [5, 5.41) is 9.15. The molecule has 4 N–H and O–H groups in total. The highest BCUT2D eigenvalue weighted by molar-refractivity contribution is 7.86. The van der Waals surface area contributed by atoms with E-state index in [0.717, 1.165) is 11.0 Å². The molecular weight excluding hydrogens is 324 g/mol. The van der Waals surface area contributed by atoms with E-state index in [2.05, 4.69) is 0 Å². The maximum absolute atomic E-state index is 12.4. The van der Waals surface area contributed by atoms with Gasteiger partial charge in [0.05, 0.1) is 24.4 Å². The molecule has 0 fully saturated rings. The summed E-state index contributed by atoms with van der Waals surface area (Å²) < 4.78 is 32.6. The third kappa shape index (κ3) is 2.17. The van der Waals surface area contributed by atoms with E-state index in [4.69, 9.17) is 10.8 Å². The van der Waals surface area contributed by atoms with E-state index in [1.54, 1.807) is 0 Å². The van der Waals surface area contributed by atoms with Gasteiger partial charge in [-0.15, -0.1) is 0 Å². The summed E-state index contributed by atoms with van der Waals surface area (Å²) in [6.45, 7) is -0.588. The smallest absolute Gasteiger partial charge is 0.297 e. The standard InChI is InChI=1S/C14H12N2O6S/c15-10-6-9-11-7(12(10)23(20,21)22)2-1-3-8(11)13(18)16(4-5-17)14(9)19/h1-3,6,17H,4-5,15H2,(H,20,21,22). The molecule has 2 aromatic rings. The van der Waals surface area contributed by atoms with Crippen molar-refractivity contribution in [1.82, 2.24) is 4.90 Å². The maximum Gasteiger partial charge on any atom is 0.297 e. The van der Waals surface area contributed by atoms with Crippen LogP contribution in [0.3, 0.4) is 0 Å². The Morgan fingerprint density at radius 3 is 2.39 bits per heavy atom. The lowest BCUT2D eigenvalue weighted by atomic mass is 9.93. The van der Waals surface area contributed by atoms with Crippen molar-refractivity contribution in [1.29, 1.82) is 0 Å². The van der Waals surface area contributed by atoms with Crippen LogP contribution in [0, 0.1) is 0 Å². The van der Waals surface area contributed by atoms with Crippen molar-refractivity contribution in [2.24, 2.45) is 0 Å². The molecule has 120 valence electrons. The van der Waals surface area contributed by atoms with Gasteiger partial charge in [0.25, 0.3) is 21.9 Å². The highest BCUT2D eigenvalue weighted by Gasteiger charge is 2.35. The fourth-order valence-corrected chi connectivity index (χ4v) is 3.61. The van der Waals surface area contributed by atoms with Crippen molar-refractivity contribution in [3.05, 3.63) is 35.4 Å². The van der Waals surface area contributed by atoms with Crippen LogP contribution in [0.1, 0.15) is 20.7 Å². The Labute approximate surface area is 130 Å². The third-order valence-electron chi connectivity index (χ3n) is 3.67. The second kappa shape index (κ2) is 5.01. The number of nitrogen functional groups attached to an aromatic ring is 1. The second-order valence-electron chi connectivity index (χ2n) is 5.03. The number of anilines is 1. The molecule has 0 saturated heterocycles. The third-order valence-corrected chi connectivity index (χ3v) is 4.64. The first-order valence-corrected chi connectivity index (χ1v) is 8.01. The van der Waals surface area contributed by atoms with Gasteiger partial charge in [0.1, 0.15) is 4.90 Å². The molecule has 0 bridgehead atoms. The summed E-state index contributed by atoms with van der Waals surface area (Å²) in [4.78, 5) is 25.2. The van der Waals surface area contributed by atoms with Gasteiger partial charge in [0.15, 0.2) is 0 Å². The number of rotatable bonds is 3. The van der Waals surface area contributed by atoms with Gasteiger partial charge in [0.2, 0.25) is 0 Å². The van der Waals surface area contributed by atoms with Crippen molar-refractivity contribution in [2.75, 3.05) is 18.9 Å². The molecule has 0 radical (unpaired) electrons. The first-order valence-electron chi connectivity index (χ1n) is 6.57. The maximum atomic E-state index is 12.4. The molecule has 2 amide bonds. The summed E-state index contributed by atoms with van der Waals surface area (Å²) in [6, 6.07) is 5.35. The van der Waals surface area contributed by atoms with Crippen molar-refractivity contribution < 1.29 is 27.7 Å². The lowest BCUT2D eigenvalue weighted by molar-refractivity contribution is 0.0580. The van der Waals surface area contributed by atoms with E-state index >= 15 is 0 Å². The number of amides is 2. The van der Waals surface area contributed by atoms with Crippen LogP contribution in [-0.4, -0.2) is 47.9 Å². The Bertz CT molecular complexity index is 967. The molecule has 9 heteroatoms. The molecule has 0 aliphatic carbocycles. The van der Waals surface area contributed by atoms with E-state index in [1.165, 1.54) is 18.2 Å². The first kappa shape index (κ1) is 15.4. The van der Waals surface area contributed by atoms with Crippen LogP contribution in [0.4, 0.5) is 5.69 Å². The Hall–Kier alpha value is -2.49. The number of hydrogen-bond donors (Lipinski definition) is 3. The van der Waals surface area contributed by atoms with Crippen molar-refractivity contribution in [3.8, 4) is 0 Å². The zero-order chi connectivity index (χ0) is 16.9. The molecule has 0 spiro atoms. The minimum Gasteiger partial charge on any atom is -0.398 e. The topological polar surface area (TPSA) is 138 Å². The molecule has 3 rings (SSSR count). The van der Waals surface area contributed by atoms with Gasteiger partial charge in [-0.3, -0.25) is 19.0 Å². The first-order chi connectivity index (χ1) is 10.8. The number of nitrogens with two attached hydrogens (primary N) is 1. The van der Waals surface area contributed by atoms with Crippen LogP contribution >= 0.6 is 0 Å². The van der Waals surface area contributed by atoms with Gasteiger partial charge in [-0.25, -0.2) is 0 Å². The molecule has 0 aromatic heterocycles. The van der Waals surface area contributed by atoms with Gasteiger partial charge in [-0.1, -0.05) is 12.1 Å². The van der Waals surface area contributed by atoms with Crippen molar-refractivity contribution in [3.63, 3.8) is 0 Å². The van der Waals surface area contributed by atoms with Crippen LogP contribution in [0.5, 0.6) is 0 Å². The van der Waals surface area contributed by atoms with E-state index < -0.39 is 33.4 Å². The number of β-amino-alcohol motifs (C(OH)–C–C–N with tert-alkyl or cyclic N) is 1. The highest BCUT2D eigenvalue weighted by atomic mass is 32.2. The summed E-state index contributed by atoms with van der Waals surface area (Å²) in [5.41, 5.74) is 5.56. The van der Waals surface area contributed by atoms with E-state index in [9.17, 15) is 22.6 Å². The number of carbonyl (C=O) groups excluding carboxylic acids is 2. The van der Waals surface area contributed by atoms with Gasteiger partial charge in [-0.05, 0) is 12.1 Å². The zero-order valence-electron chi connectivity index (χ0n) is 11.7. The largest absolute Gasteiger partial charge is 0.398 e. The van der Waals surface area contributed by atoms with Crippen LogP contribution in [0.2, 0.25) is 0 Å². The van der Waals surface area contributed by atoms with Crippen molar-refractivity contribution >= 4 is 38.4 Å². The van der Waals surface area contributed by atoms with Gasteiger partial charge in [-0.2, -0.15) is 8.42 Å². The van der Waals surface area contributed by atoms with Crippen LogP contribution in [0.25, 0.3) is 10.8 Å². The summed E-state index contributed by atoms with van der Waals surface area (Å²) in [7, 11) is -4.64. The average Bonchev–Trinajstić information content (AvgIpc) is 2.47. The predicted octanol–water partition coefficient (Wildman–Crippen LogP) is 0.257. The monoisotopic (exact) mass is 336 g/mol. The number of benzene rings is 2. The SMILES string of the molecule is Nc1cc2c3c(cccc3c1S(=O)(=O)O)C(=O)N(CCO)C2=O. The van der Waals surface area contributed by atoms with Crippen LogP contribution in [-0.2, 0) is 10.1 Å². The molecule has 1 aliphatic heterocycles. The van der Waals surface area contributed by atoms with Crippen LogP contribution in [0.15, 0.2) is 29.2 Å². The van der Waals surface area contributed by atoms with Crippen LogP contribution < -0.4 is 5.73 Å². The fourth-order valence-electron chi connectivity index (χ4n) is 2.80. The number of imide groups is 1. The second-order valence-corrected chi connectivity index (χ2v) is 6.39. The Kier molecular flexibility index (Phi) is 3.36. The Morgan fingerprint density at radius 2 is 1.78 bits per heavy atom. The molecule has 23 heavy (non-hydrogen) atoms. The molecule has 1 aliphatic rings. The summed E-state index contributed by atoms with van der Waals surface area (Å²) in [6.07, 6.45) is 0. The molecule has 8 nitrogen and oxygen atoms in total. The minimum atomic E-state index is -4.64. The van der Waals surface area contributed by atoms with E-state index in [-0.39, 0.29) is 34.1 Å². The normalized spacial score (nSPS) is 14.6. The lowest BCUT2D eigenvalue weighted by Gasteiger charge is -2.27. The van der Waals surface area contributed by atoms with E-state index in [1.807, 2.05) is 0 Å². The molecule has 1 heterocycles. The predicted molar refractivity (Wildman–Crippen MR) is 80.6 cm³/mol. The molecule has 2 aromatic carbocycles. The number of nitrogens with zero attached hydrogens (tertiary/aromatic N) is 1. The molecular formula is C14H12N2O6S.